The minimum atomic E-state index is 0.704. The summed E-state index contributed by atoms with van der Waals surface area (Å²) in [6.45, 7) is 0.805. The second-order valence-corrected chi connectivity index (χ2v) is 6.12. The van der Waals surface area contributed by atoms with Gasteiger partial charge in [-0.1, -0.05) is 18.2 Å². The average Bonchev–Trinajstić information content (AvgIpc) is 2.75. The van der Waals surface area contributed by atoms with Crippen molar-refractivity contribution in [2.75, 3.05) is 25.7 Å². The van der Waals surface area contributed by atoms with E-state index in [1.54, 1.807) is 7.11 Å². The zero-order valence-corrected chi connectivity index (χ0v) is 12.6. The number of hydrogen-bond acceptors (Lipinski definition) is 3. The van der Waals surface area contributed by atoms with Crippen molar-refractivity contribution in [3.05, 3.63) is 29.8 Å². The van der Waals surface area contributed by atoms with E-state index in [-0.39, 0.29) is 0 Å². The molecule has 0 radical (unpaired) electrons. The molecule has 2 atom stereocenters. The lowest BCUT2D eigenvalue weighted by Gasteiger charge is -2.41. The van der Waals surface area contributed by atoms with E-state index in [9.17, 15) is 0 Å². The Bertz CT molecular complexity index is 434. The number of anilines is 1. The third-order valence-electron chi connectivity index (χ3n) is 4.99. The van der Waals surface area contributed by atoms with Gasteiger partial charge in [0.1, 0.15) is 0 Å². The fourth-order valence-corrected chi connectivity index (χ4v) is 3.99. The summed E-state index contributed by atoms with van der Waals surface area (Å²) in [4.78, 5) is 2.71. The van der Waals surface area contributed by atoms with Gasteiger partial charge < -0.3 is 15.0 Å². The molecule has 2 unspecified atom stereocenters. The fourth-order valence-electron chi connectivity index (χ4n) is 3.99. The Morgan fingerprint density at radius 3 is 2.55 bits per heavy atom. The molecule has 3 nitrogen and oxygen atoms in total. The molecule has 1 aromatic rings. The van der Waals surface area contributed by atoms with E-state index in [0.29, 0.717) is 6.04 Å². The lowest BCUT2D eigenvalue weighted by molar-refractivity contribution is 0.202. The highest BCUT2D eigenvalue weighted by atomic mass is 16.5. The number of ether oxygens (including phenoxy) is 1. The summed E-state index contributed by atoms with van der Waals surface area (Å²) in [5.74, 6) is 0. The highest BCUT2D eigenvalue weighted by molar-refractivity contribution is 5.57. The van der Waals surface area contributed by atoms with Crippen LogP contribution in [0.3, 0.4) is 0 Å². The summed E-state index contributed by atoms with van der Waals surface area (Å²) in [5, 5.41) is 3.48. The van der Waals surface area contributed by atoms with E-state index in [4.69, 9.17) is 4.74 Å². The molecule has 20 heavy (non-hydrogen) atoms. The van der Waals surface area contributed by atoms with Crippen LogP contribution in [0.4, 0.5) is 5.69 Å². The van der Waals surface area contributed by atoms with Crippen LogP contribution in [0.5, 0.6) is 0 Å². The van der Waals surface area contributed by atoms with Gasteiger partial charge in [-0.15, -0.1) is 0 Å². The van der Waals surface area contributed by atoms with Crippen LogP contribution in [0.1, 0.15) is 31.2 Å². The number of methoxy groups -OCH3 is 1. The first-order valence-electron chi connectivity index (χ1n) is 7.86. The van der Waals surface area contributed by atoms with E-state index in [2.05, 4.69) is 41.5 Å². The molecule has 2 bridgehead atoms. The van der Waals surface area contributed by atoms with Gasteiger partial charge in [0.15, 0.2) is 0 Å². The van der Waals surface area contributed by atoms with E-state index in [0.717, 1.165) is 25.1 Å². The molecule has 3 rings (SSSR count). The predicted octanol–water partition coefficient (Wildman–Crippen LogP) is 2.59. The van der Waals surface area contributed by atoms with Crippen molar-refractivity contribution >= 4 is 5.69 Å². The quantitative estimate of drug-likeness (QED) is 0.893. The number of rotatable bonds is 5. The van der Waals surface area contributed by atoms with Gasteiger partial charge in [-0.05, 0) is 50.8 Å². The third kappa shape index (κ3) is 2.57. The molecule has 110 valence electrons. The maximum Gasteiger partial charge on any atom is 0.0503 e. The minimum absolute atomic E-state index is 0.704. The summed E-state index contributed by atoms with van der Waals surface area (Å²) >= 11 is 0. The normalized spacial score (nSPS) is 28.9. The lowest BCUT2D eigenvalue weighted by Crippen LogP contribution is -2.48. The summed E-state index contributed by atoms with van der Waals surface area (Å²) < 4.78 is 5.26. The maximum absolute atomic E-state index is 5.26. The van der Waals surface area contributed by atoms with Gasteiger partial charge in [-0.25, -0.2) is 0 Å². The molecule has 0 aliphatic carbocycles. The standard InChI is InChI=1S/C17H26N2O/c1-18-14-11-15-7-8-16(12-14)19(15)17-6-4-3-5-13(17)9-10-20-2/h3-6,14-16,18H,7-12H2,1-2H3. The Labute approximate surface area is 122 Å². The van der Waals surface area contributed by atoms with E-state index >= 15 is 0 Å². The number of nitrogens with zero attached hydrogens (tertiary/aromatic N) is 1. The van der Waals surface area contributed by atoms with Gasteiger partial charge in [0.05, 0.1) is 6.61 Å². The fraction of sp³-hybridized carbons (Fsp3) is 0.647. The van der Waals surface area contributed by atoms with Crippen molar-refractivity contribution in [2.24, 2.45) is 0 Å². The highest BCUT2D eigenvalue weighted by Crippen LogP contribution is 2.40. The first-order valence-corrected chi connectivity index (χ1v) is 7.86. The van der Waals surface area contributed by atoms with Crippen LogP contribution in [0, 0.1) is 0 Å². The van der Waals surface area contributed by atoms with Crippen LogP contribution < -0.4 is 10.2 Å². The molecule has 3 heteroatoms. The minimum Gasteiger partial charge on any atom is -0.384 e. The summed E-state index contributed by atoms with van der Waals surface area (Å²) in [6, 6.07) is 11.0. The van der Waals surface area contributed by atoms with Crippen LogP contribution in [0.15, 0.2) is 24.3 Å². The Hall–Kier alpha value is -1.06. The van der Waals surface area contributed by atoms with E-state index in [1.165, 1.54) is 36.9 Å². The lowest BCUT2D eigenvalue weighted by atomic mass is 9.95. The molecule has 0 amide bonds. The van der Waals surface area contributed by atoms with Gasteiger partial charge in [-0.2, -0.15) is 0 Å². The summed E-state index contributed by atoms with van der Waals surface area (Å²) in [5.41, 5.74) is 2.89. The molecule has 2 aliphatic heterocycles. The molecule has 2 heterocycles. The zero-order chi connectivity index (χ0) is 13.9. The smallest absolute Gasteiger partial charge is 0.0503 e. The molecule has 2 fully saturated rings. The molecule has 1 N–H and O–H groups in total. The molecule has 0 spiro atoms. The molecule has 2 saturated heterocycles. The van der Waals surface area contributed by atoms with Crippen molar-refractivity contribution < 1.29 is 4.74 Å². The molecular formula is C17H26N2O. The van der Waals surface area contributed by atoms with Crippen LogP contribution in [-0.2, 0) is 11.2 Å². The molecule has 1 aromatic carbocycles. The maximum atomic E-state index is 5.26. The monoisotopic (exact) mass is 274 g/mol. The van der Waals surface area contributed by atoms with E-state index < -0.39 is 0 Å². The SMILES string of the molecule is CNC1CC2CCC(C1)N2c1ccccc1CCOC. The Balaban J connectivity index is 1.83. The predicted molar refractivity (Wildman–Crippen MR) is 83.4 cm³/mol. The van der Waals surface area contributed by atoms with Gasteiger partial charge in [0.2, 0.25) is 0 Å². The summed E-state index contributed by atoms with van der Waals surface area (Å²) in [7, 11) is 3.89. The van der Waals surface area contributed by atoms with Crippen molar-refractivity contribution in [3.63, 3.8) is 0 Å². The topological polar surface area (TPSA) is 24.5 Å². The average molecular weight is 274 g/mol. The number of piperidine rings is 1. The van der Waals surface area contributed by atoms with Gasteiger partial charge in [0, 0.05) is 30.9 Å². The first-order chi connectivity index (χ1) is 9.83. The van der Waals surface area contributed by atoms with Crippen molar-refractivity contribution in [1.29, 1.82) is 0 Å². The second kappa shape index (κ2) is 6.15. The van der Waals surface area contributed by atoms with Crippen LogP contribution in [0.2, 0.25) is 0 Å². The zero-order valence-electron chi connectivity index (χ0n) is 12.6. The Kier molecular flexibility index (Phi) is 4.27. The second-order valence-electron chi connectivity index (χ2n) is 6.12. The third-order valence-corrected chi connectivity index (χ3v) is 4.99. The van der Waals surface area contributed by atoms with Crippen LogP contribution in [0.25, 0.3) is 0 Å². The van der Waals surface area contributed by atoms with E-state index in [1.807, 2.05) is 0 Å². The number of nitrogens with one attached hydrogen (secondary N) is 1. The Morgan fingerprint density at radius 2 is 1.90 bits per heavy atom. The largest absolute Gasteiger partial charge is 0.384 e. The van der Waals surface area contributed by atoms with Gasteiger partial charge in [-0.3, -0.25) is 0 Å². The number of hydrogen-bond donors (Lipinski definition) is 1. The molecule has 2 aliphatic rings. The number of fused-ring (bicyclic) bond motifs is 2. The van der Waals surface area contributed by atoms with Gasteiger partial charge >= 0.3 is 0 Å². The van der Waals surface area contributed by atoms with Crippen LogP contribution >= 0.6 is 0 Å². The number of para-hydroxylation sites is 1. The highest BCUT2D eigenvalue weighted by Gasteiger charge is 2.40. The summed E-state index contributed by atoms with van der Waals surface area (Å²) in [6.07, 6.45) is 6.28. The first kappa shape index (κ1) is 13.9. The van der Waals surface area contributed by atoms with Gasteiger partial charge in [0.25, 0.3) is 0 Å². The van der Waals surface area contributed by atoms with Crippen molar-refractivity contribution in [3.8, 4) is 0 Å². The van der Waals surface area contributed by atoms with Crippen molar-refractivity contribution in [2.45, 2.75) is 50.2 Å². The molecule has 0 aromatic heterocycles. The number of benzene rings is 1. The molecular weight excluding hydrogens is 248 g/mol. The molecule has 0 saturated carbocycles. The van der Waals surface area contributed by atoms with Crippen molar-refractivity contribution in [1.82, 2.24) is 5.32 Å². The Morgan fingerprint density at radius 1 is 1.20 bits per heavy atom. The van der Waals surface area contributed by atoms with Crippen LogP contribution in [-0.4, -0.2) is 38.9 Å².